The van der Waals surface area contributed by atoms with Crippen LogP contribution in [0, 0.1) is 13.8 Å². The summed E-state index contributed by atoms with van der Waals surface area (Å²) in [6, 6.07) is 2.04. The number of aromatic nitrogens is 2. The molecule has 0 radical (unpaired) electrons. The highest BCUT2D eigenvalue weighted by Gasteiger charge is 2.15. The lowest BCUT2D eigenvalue weighted by Crippen LogP contribution is -2.06. The van der Waals surface area contributed by atoms with E-state index in [1.807, 2.05) is 13.0 Å². The molecule has 0 aliphatic rings. The van der Waals surface area contributed by atoms with Crippen molar-refractivity contribution >= 4 is 33.1 Å². The van der Waals surface area contributed by atoms with Crippen molar-refractivity contribution < 1.29 is 0 Å². The molecule has 2 rings (SSSR count). The van der Waals surface area contributed by atoms with Gasteiger partial charge in [0.15, 0.2) is 5.82 Å². The van der Waals surface area contributed by atoms with Crippen LogP contribution in [0.5, 0.6) is 0 Å². The van der Waals surface area contributed by atoms with E-state index in [1.165, 1.54) is 4.88 Å². The number of hydrogen-bond acceptors (Lipinski definition) is 4. The molecule has 3 nitrogen and oxygen atoms in total. The molecule has 0 saturated heterocycles. The highest BCUT2D eigenvalue weighted by molar-refractivity contribution is 9.10. The van der Waals surface area contributed by atoms with Crippen LogP contribution in [0.2, 0.25) is 0 Å². The lowest BCUT2D eigenvalue weighted by atomic mass is 10.0. The lowest BCUT2D eigenvalue weighted by Gasteiger charge is -2.12. The molecule has 0 spiro atoms. The molecule has 18 heavy (non-hydrogen) atoms. The standard InChI is InChI=1S/C13H16BrN3S/c1-6(2)11-7(3)16-13(17-12(11)15)10-5-9(14)8(4)18-10/h5-6H,1-4H3,(H2,15,16,17). The average molecular weight is 326 g/mol. The summed E-state index contributed by atoms with van der Waals surface area (Å²) in [5.41, 5.74) is 8.06. The van der Waals surface area contributed by atoms with Gasteiger partial charge < -0.3 is 5.73 Å². The summed E-state index contributed by atoms with van der Waals surface area (Å²) in [7, 11) is 0. The molecule has 0 aromatic carbocycles. The van der Waals surface area contributed by atoms with Crippen LogP contribution in [0.1, 0.15) is 35.9 Å². The van der Waals surface area contributed by atoms with Gasteiger partial charge in [-0.2, -0.15) is 0 Å². The number of nitrogens with zero attached hydrogens (tertiary/aromatic N) is 2. The summed E-state index contributed by atoms with van der Waals surface area (Å²) in [6.07, 6.45) is 0. The van der Waals surface area contributed by atoms with Gasteiger partial charge in [-0.1, -0.05) is 13.8 Å². The van der Waals surface area contributed by atoms with Crippen molar-refractivity contribution in [2.45, 2.75) is 33.6 Å². The zero-order chi connectivity index (χ0) is 13.4. The molecule has 0 amide bonds. The maximum atomic E-state index is 6.05. The van der Waals surface area contributed by atoms with Gasteiger partial charge in [0, 0.05) is 20.6 Å². The van der Waals surface area contributed by atoms with Crippen LogP contribution in [0.15, 0.2) is 10.5 Å². The van der Waals surface area contributed by atoms with E-state index in [4.69, 9.17) is 5.73 Å². The van der Waals surface area contributed by atoms with Gasteiger partial charge in [0.25, 0.3) is 0 Å². The van der Waals surface area contributed by atoms with E-state index < -0.39 is 0 Å². The second-order valence-corrected chi connectivity index (χ2v) is 6.71. The van der Waals surface area contributed by atoms with Gasteiger partial charge in [0.2, 0.25) is 0 Å². The minimum Gasteiger partial charge on any atom is -0.383 e. The van der Waals surface area contributed by atoms with Crippen LogP contribution in [0.3, 0.4) is 0 Å². The van der Waals surface area contributed by atoms with Crippen LogP contribution in [0.25, 0.3) is 10.7 Å². The minimum atomic E-state index is 0.343. The van der Waals surface area contributed by atoms with E-state index in [1.54, 1.807) is 11.3 Å². The van der Waals surface area contributed by atoms with E-state index in [2.05, 4.69) is 46.7 Å². The Balaban J connectivity index is 2.54. The molecular weight excluding hydrogens is 310 g/mol. The van der Waals surface area contributed by atoms with Crippen LogP contribution in [-0.4, -0.2) is 9.97 Å². The molecule has 2 heterocycles. The first-order valence-electron chi connectivity index (χ1n) is 5.80. The predicted molar refractivity (Wildman–Crippen MR) is 81.0 cm³/mol. The number of hydrogen-bond donors (Lipinski definition) is 1. The third-order valence-corrected chi connectivity index (χ3v) is 4.95. The van der Waals surface area contributed by atoms with Gasteiger partial charge in [-0.05, 0) is 41.8 Å². The van der Waals surface area contributed by atoms with Crippen LogP contribution in [0.4, 0.5) is 5.82 Å². The first kappa shape index (κ1) is 13.5. The van der Waals surface area contributed by atoms with Gasteiger partial charge in [-0.3, -0.25) is 0 Å². The normalized spacial score (nSPS) is 11.2. The zero-order valence-electron chi connectivity index (χ0n) is 10.9. The molecule has 2 N–H and O–H groups in total. The summed E-state index contributed by atoms with van der Waals surface area (Å²) < 4.78 is 1.09. The molecule has 0 aliphatic heterocycles. The van der Waals surface area contributed by atoms with Crippen molar-refractivity contribution in [3.8, 4) is 10.7 Å². The fourth-order valence-electron chi connectivity index (χ4n) is 2.00. The topological polar surface area (TPSA) is 51.8 Å². The Morgan fingerprint density at radius 2 is 1.94 bits per heavy atom. The van der Waals surface area contributed by atoms with Crippen molar-refractivity contribution in [2.75, 3.05) is 5.73 Å². The Labute approximate surface area is 120 Å². The first-order chi connectivity index (χ1) is 8.40. The van der Waals surface area contributed by atoms with E-state index in [-0.39, 0.29) is 0 Å². The summed E-state index contributed by atoms with van der Waals surface area (Å²) in [4.78, 5) is 11.3. The second kappa shape index (κ2) is 4.97. The Morgan fingerprint density at radius 3 is 2.39 bits per heavy atom. The summed E-state index contributed by atoms with van der Waals surface area (Å²) >= 11 is 5.18. The van der Waals surface area contributed by atoms with Gasteiger partial charge in [-0.15, -0.1) is 11.3 Å². The van der Waals surface area contributed by atoms with Crippen molar-refractivity contribution in [1.29, 1.82) is 0 Å². The van der Waals surface area contributed by atoms with Gasteiger partial charge in [0.1, 0.15) is 5.82 Å². The molecule has 0 aliphatic carbocycles. The quantitative estimate of drug-likeness (QED) is 0.896. The molecule has 5 heteroatoms. The fraction of sp³-hybridized carbons (Fsp3) is 0.385. The number of aryl methyl sites for hydroxylation is 2. The molecule has 0 bridgehead atoms. The highest BCUT2D eigenvalue weighted by Crippen LogP contribution is 2.34. The number of thiophene rings is 1. The van der Waals surface area contributed by atoms with E-state index >= 15 is 0 Å². The summed E-state index contributed by atoms with van der Waals surface area (Å²) in [5, 5.41) is 0. The molecule has 0 unspecified atom stereocenters. The Bertz CT molecular complexity index is 547. The van der Waals surface area contributed by atoms with Crippen molar-refractivity contribution in [1.82, 2.24) is 9.97 Å². The molecule has 0 fully saturated rings. The smallest absolute Gasteiger partial charge is 0.171 e. The molecule has 2 aromatic heterocycles. The van der Waals surface area contributed by atoms with Crippen molar-refractivity contribution in [3.63, 3.8) is 0 Å². The van der Waals surface area contributed by atoms with E-state index in [0.29, 0.717) is 17.6 Å². The third kappa shape index (κ3) is 2.42. The zero-order valence-corrected chi connectivity index (χ0v) is 13.3. The molecule has 0 atom stereocenters. The maximum Gasteiger partial charge on any atom is 0.171 e. The average Bonchev–Trinajstić information content (AvgIpc) is 2.57. The van der Waals surface area contributed by atoms with Crippen molar-refractivity contribution in [3.05, 3.63) is 26.7 Å². The maximum absolute atomic E-state index is 6.05. The number of rotatable bonds is 2. The fourth-order valence-corrected chi connectivity index (χ4v) is 3.47. The van der Waals surface area contributed by atoms with Crippen LogP contribution in [-0.2, 0) is 0 Å². The predicted octanol–water partition coefficient (Wildman–Crippen LogP) is 4.29. The number of nitrogens with two attached hydrogens (primary N) is 1. The number of halogens is 1. The summed E-state index contributed by atoms with van der Waals surface area (Å²) in [6.45, 7) is 8.27. The van der Waals surface area contributed by atoms with Gasteiger partial charge >= 0.3 is 0 Å². The first-order valence-corrected chi connectivity index (χ1v) is 7.41. The highest BCUT2D eigenvalue weighted by atomic mass is 79.9. The van der Waals surface area contributed by atoms with Crippen LogP contribution < -0.4 is 5.73 Å². The van der Waals surface area contributed by atoms with Gasteiger partial charge in [-0.25, -0.2) is 9.97 Å². The van der Waals surface area contributed by atoms with E-state index in [9.17, 15) is 0 Å². The number of nitrogen functional groups attached to an aromatic ring is 1. The Hall–Kier alpha value is -0.940. The lowest BCUT2D eigenvalue weighted by molar-refractivity contribution is 0.836. The Kier molecular flexibility index (Phi) is 3.73. The van der Waals surface area contributed by atoms with Gasteiger partial charge in [0.05, 0.1) is 4.88 Å². The van der Waals surface area contributed by atoms with Crippen LogP contribution >= 0.6 is 27.3 Å². The number of anilines is 1. The molecule has 96 valence electrons. The molecule has 0 saturated carbocycles. The Morgan fingerprint density at radius 1 is 1.28 bits per heavy atom. The molecular formula is C13H16BrN3S. The second-order valence-electron chi connectivity index (χ2n) is 4.60. The molecule has 2 aromatic rings. The SMILES string of the molecule is Cc1nc(-c2cc(Br)c(C)s2)nc(N)c1C(C)C. The largest absolute Gasteiger partial charge is 0.383 e. The summed E-state index contributed by atoms with van der Waals surface area (Å²) in [5.74, 6) is 1.65. The van der Waals surface area contributed by atoms with E-state index in [0.717, 1.165) is 20.6 Å². The third-order valence-electron chi connectivity index (χ3n) is 2.82. The van der Waals surface area contributed by atoms with Crippen molar-refractivity contribution in [2.24, 2.45) is 0 Å². The minimum absolute atomic E-state index is 0.343. The monoisotopic (exact) mass is 325 g/mol.